The van der Waals surface area contributed by atoms with Crippen molar-refractivity contribution in [3.8, 4) is 0 Å². The van der Waals surface area contributed by atoms with E-state index in [0.717, 1.165) is 26.8 Å². The maximum Gasteiger partial charge on any atom is 0.417 e. The molecule has 0 aliphatic carbocycles. The summed E-state index contributed by atoms with van der Waals surface area (Å²) < 4.78 is 41.3. The molecule has 2 heterocycles. The van der Waals surface area contributed by atoms with E-state index in [1.54, 1.807) is 0 Å². The molecule has 0 saturated carbocycles. The van der Waals surface area contributed by atoms with Crippen molar-refractivity contribution in [2.24, 2.45) is 0 Å². The Kier molecular flexibility index (Phi) is 4.79. The molecule has 0 saturated heterocycles. The van der Waals surface area contributed by atoms with Crippen LogP contribution < -0.4 is 10.9 Å². The number of hydrogen-bond donors (Lipinski definition) is 1. The zero-order chi connectivity index (χ0) is 20.8. The molecule has 1 amide bonds. The fourth-order valence-corrected chi connectivity index (χ4v) is 4.23. The van der Waals surface area contributed by atoms with Crippen molar-refractivity contribution in [3.05, 3.63) is 69.7 Å². The van der Waals surface area contributed by atoms with Crippen LogP contribution in [-0.4, -0.2) is 15.5 Å². The Morgan fingerprint density at radius 3 is 2.72 bits per heavy atom. The van der Waals surface area contributed by atoms with E-state index in [9.17, 15) is 22.8 Å². The van der Waals surface area contributed by atoms with E-state index in [2.05, 4.69) is 10.3 Å². The first kappa shape index (κ1) is 19.4. The number of alkyl halides is 3. The summed E-state index contributed by atoms with van der Waals surface area (Å²) in [4.78, 5) is 29.3. The largest absolute Gasteiger partial charge is 0.417 e. The monoisotopic (exact) mass is 437 g/mol. The van der Waals surface area contributed by atoms with E-state index in [4.69, 9.17) is 11.6 Å². The molecule has 5 nitrogen and oxygen atoms in total. The fourth-order valence-electron chi connectivity index (χ4n) is 2.90. The molecule has 0 radical (unpaired) electrons. The minimum atomic E-state index is -4.65. The second-order valence-corrected chi connectivity index (χ2v) is 7.65. The van der Waals surface area contributed by atoms with Crippen LogP contribution in [0.2, 0.25) is 5.02 Å². The van der Waals surface area contributed by atoms with Gasteiger partial charge in [0.2, 0.25) is 5.91 Å². The zero-order valence-corrected chi connectivity index (χ0v) is 16.0. The maximum atomic E-state index is 13.0. The normalized spacial score (nSPS) is 11.9. The van der Waals surface area contributed by atoms with Gasteiger partial charge in [0.15, 0.2) is 0 Å². The summed E-state index contributed by atoms with van der Waals surface area (Å²) in [6.45, 7) is -0.389. The lowest BCUT2D eigenvalue weighted by Crippen LogP contribution is -2.27. The first-order valence-electron chi connectivity index (χ1n) is 8.27. The standard InChI is InChI=1S/C19H11ClF3N3O2S/c20-13-6-5-10(7-12(13)19(21,22)23)25-15(27)8-26-9-24-16-11-3-1-2-4-14(11)29-17(16)18(26)28/h1-7,9H,8H2,(H,25,27). The highest BCUT2D eigenvalue weighted by Crippen LogP contribution is 2.36. The molecular formula is C19H11ClF3N3O2S. The van der Waals surface area contributed by atoms with Gasteiger partial charge in [-0.15, -0.1) is 11.3 Å². The van der Waals surface area contributed by atoms with Crippen molar-refractivity contribution in [3.63, 3.8) is 0 Å². The number of anilines is 1. The van der Waals surface area contributed by atoms with Crippen LogP contribution in [0.1, 0.15) is 5.56 Å². The molecule has 2 aromatic heterocycles. The second kappa shape index (κ2) is 7.16. The topological polar surface area (TPSA) is 64.0 Å². The number of rotatable bonds is 3. The maximum absolute atomic E-state index is 13.0. The number of nitrogens with zero attached hydrogens (tertiary/aromatic N) is 2. The number of nitrogens with one attached hydrogen (secondary N) is 1. The molecule has 0 aliphatic rings. The molecule has 1 N–H and O–H groups in total. The predicted molar refractivity (Wildman–Crippen MR) is 106 cm³/mol. The average molecular weight is 438 g/mol. The van der Waals surface area contributed by atoms with E-state index in [1.165, 1.54) is 23.7 Å². The molecule has 0 atom stereocenters. The van der Waals surface area contributed by atoms with Crippen LogP contribution in [0.5, 0.6) is 0 Å². The van der Waals surface area contributed by atoms with Crippen LogP contribution in [0.25, 0.3) is 20.3 Å². The van der Waals surface area contributed by atoms with Crippen LogP contribution in [0, 0.1) is 0 Å². The summed E-state index contributed by atoms with van der Waals surface area (Å²) in [6.07, 6.45) is -3.39. The van der Waals surface area contributed by atoms with E-state index in [-0.39, 0.29) is 12.2 Å². The van der Waals surface area contributed by atoms with Crippen LogP contribution >= 0.6 is 22.9 Å². The highest BCUT2D eigenvalue weighted by molar-refractivity contribution is 7.25. The summed E-state index contributed by atoms with van der Waals surface area (Å²) in [5, 5.41) is 2.73. The summed E-state index contributed by atoms with van der Waals surface area (Å²) in [5.41, 5.74) is -0.962. The molecule has 10 heteroatoms. The molecule has 0 bridgehead atoms. The molecule has 0 fully saturated rings. The molecule has 2 aromatic carbocycles. The van der Waals surface area contributed by atoms with Crippen LogP contribution in [0.4, 0.5) is 18.9 Å². The Morgan fingerprint density at radius 2 is 1.97 bits per heavy atom. The average Bonchev–Trinajstić information content (AvgIpc) is 3.04. The van der Waals surface area contributed by atoms with Gasteiger partial charge in [0.25, 0.3) is 5.56 Å². The van der Waals surface area contributed by atoms with Crippen molar-refractivity contribution in [2.75, 3.05) is 5.32 Å². The van der Waals surface area contributed by atoms with E-state index in [0.29, 0.717) is 10.2 Å². The molecule has 0 spiro atoms. The van der Waals surface area contributed by atoms with Gasteiger partial charge in [-0.05, 0) is 24.3 Å². The van der Waals surface area contributed by atoms with Gasteiger partial charge < -0.3 is 5.32 Å². The van der Waals surface area contributed by atoms with E-state index < -0.39 is 28.2 Å². The Hall–Kier alpha value is -2.91. The third-order valence-corrected chi connectivity index (χ3v) is 5.70. The Morgan fingerprint density at radius 1 is 1.21 bits per heavy atom. The SMILES string of the molecule is O=C(Cn1cnc2c(sc3ccccc32)c1=O)Nc1ccc(Cl)c(C(F)(F)F)c1. The van der Waals surface area contributed by atoms with Crippen molar-refractivity contribution >= 4 is 54.8 Å². The number of amides is 1. The lowest BCUT2D eigenvalue weighted by Gasteiger charge is -2.12. The summed E-state index contributed by atoms with van der Waals surface area (Å²) >= 11 is 6.84. The lowest BCUT2D eigenvalue weighted by molar-refractivity contribution is -0.137. The Bertz CT molecular complexity index is 1310. The van der Waals surface area contributed by atoms with Gasteiger partial charge in [0, 0.05) is 15.8 Å². The second-order valence-electron chi connectivity index (χ2n) is 6.19. The Labute approximate surface area is 170 Å². The minimum absolute atomic E-state index is 0.0735. The third kappa shape index (κ3) is 3.70. The van der Waals surface area contributed by atoms with E-state index >= 15 is 0 Å². The first-order chi connectivity index (χ1) is 13.7. The Balaban J connectivity index is 1.60. The van der Waals surface area contributed by atoms with Crippen molar-refractivity contribution in [1.82, 2.24) is 9.55 Å². The molecule has 0 aliphatic heterocycles. The molecule has 4 aromatic rings. The number of hydrogen-bond acceptors (Lipinski definition) is 4. The van der Waals surface area contributed by atoms with Crippen molar-refractivity contribution < 1.29 is 18.0 Å². The van der Waals surface area contributed by atoms with Gasteiger partial charge in [-0.1, -0.05) is 29.8 Å². The molecule has 148 valence electrons. The summed E-state index contributed by atoms with van der Waals surface area (Å²) in [6, 6.07) is 10.5. The number of carbonyl (C=O) groups is 1. The van der Waals surface area contributed by atoms with Crippen LogP contribution in [-0.2, 0) is 17.5 Å². The number of fused-ring (bicyclic) bond motifs is 3. The molecule has 29 heavy (non-hydrogen) atoms. The molecule has 4 rings (SSSR count). The first-order valence-corrected chi connectivity index (χ1v) is 9.47. The van der Waals surface area contributed by atoms with Crippen LogP contribution in [0.3, 0.4) is 0 Å². The number of aromatic nitrogens is 2. The van der Waals surface area contributed by atoms with Gasteiger partial charge in [0.1, 0.15) is 11.2 Å². The van der Waals surface area contributed by atoms with Crippen LogP contribution in [0.15, 0.2) is 53.6 Å². The van der Waals surface area contributed by atoms with Gasteiger partial charge in [-0.25, -0.2) is 4.98 Å². The smallest absolute Gasteiger partial charge is 0.325 e. The fraction of sp³-hybridized carbons (Fsp3) is 0.105. The molecule has 0 unspecified atom stereocenters. The van der Waals surface area contributed by atoms with E-state index in [1.807, 2.05) is 24.3 Å². The summed E-state index contributed by atoms with van der Waals surface area (Å²) in [7, 11) is 0. The summed E-state index contributed by atoms with van der Waals surface area (Å²) in [5.74, 6) is -0.662. The molecular weight excluding hydrogens is 427 g/mol. The highest BCUT2D eigenvalue weighted by Gasteiger charge is 2.33. The number of carbonyl (C=O) groups excluding carboxylic acids is 1. The van der Waals surface area contributed by atoms with Gasteiger partial charge in [-0.2, -0.15) is 13.2 Å². The number of halogens is 4. The predicted octanol–water partition coefficient (Wildman–Crippen LogP) is 4.92. The lowest BCUT2D eigenvalue weighted by atomic mass is 10.2. The quantitative estimate of drug-likeness (QED) is 0.494. The van der Waals surface area contributed by atoms with Gasteiger partial charge in [0.05, 0.1) is 22.4 Å². The van der Waals surface area contributed by atoms with Crippen molar-refractivity contribution in [2.45, 2.75) is 12.7 Å². The number of thiophene rings is 1. The number of benzene rings is 2. The van der Waals surface area contributed by atoms with Gasteiger partial charge in [-0.3, -0.25) is 14.2 Å². The zero-order valence-electron chi connectivity index (χ0n) is 14.5. The third-order valence-electron chi connectivity index (χ3n) is 4.22. The van der Waals surface area contributed by atoms with Gasteiger partial charge >= 0.3 is 6.18 Å². The minimum Gasteiger partial charge on any atom is -0.325 e. The highest BCUT2D eigenvalue weighted by atomic mass is 35.5. The van der Waals surface area contributed by atoms with Crippen molar-refractivity contribution in [1.29, 1.82) is 0 Å².